The third-order valence-electron chi connectivity index (χ3n) is 4.02. The zero-order valence-electron chi connectivity index (χ0n) is 14.0. The molecule has 0 bridgehead atoms. The van der Waals surface area contributed by atoms with Gasteiger partial charge in [-0.2, -0.15) is 0 Å². The number of hydrogen-bond acceptors (Lipinski definition) is 2. The van der Waals surface area contributed by atoms with Gasteiger partial charge in [0, 0.05) is 23.6 Å². The van der Waals surface area contributed by atoms with E-state index in [4.69, 9.17) is 0 Å². The van der Waals surface area contributed by atoms with Gasteiger partial charge in [0.25, 0.3) is 0 Å². The van der Waals surface area contributed by atoms with Crippen molar-refractivity contribution in [2.45, 2.75) is 45.3 Å². The van der Waals surface area contributed by atoms with Gasteiger partial charge in [0.05, 0.1) is 0 Å². The van der Waals surface area contributed by atoms with Crippen LogP contribution in [0.5, 0.6) is 0 Å². The molecule has 0 aliphatic rings. The maximum Gasteiger partial charge on any atom is 0.0230 e. The van der Waals surface area contributed by atoms with Crippen molar-refractivity contribution in [2.75, 3.05) is 13.2 Å². The lowest BCUT2D eigenvalue weighted by Crippen LogP contribution is -2.19. The highest BCUT2D eigenvalue weighted by atomic mass is 32.1. The van der Waals surface area contributed by atoms with Crippen molar-refractivity contribution < 1.29 is 0 Å². The van der Waals surface area contributed by atoms with E-state index < -0.39 is 0 Å². The van der Waals surface area contributed by atoms with Crippen LogP contribution in [0.1, 0.15) is 47.0 Å². The summed E-state index contributed by atoms with van der Waals surface area (Å²) >= 11 is 1.91. The second kappa shape index (κ2) is 9.45. The smallest absolute Gasteiger partial charge is 0.0230 e. The molecule has 1 aromatic carbocycles. The summed E-state index contributed by atoms with van der Waals surface area (Å²) in [7, 11) is 0.953. The van der Waals surface area contributed by atoms with Crippen LogP contribution in [0.25, 0.3) is 0 Å². The Balaban J connectivity index is 1.90. The quantitative estimate of drug-likeness (QED) is 0.594. The van der Waals surface area contributed by atoms with Crippen LogP contribution in [0.15, 0.2) is 35.7 Å². The van der Waals surface area contributed by atoms with Gasteiger partial charge in [-0.1, -0.05) is 37.6 Å². The van der Waals surface area contributed by atoms with Crippen molar-refractivity contribution in [1.82, 2.24) is 5.32 Å². The zero-order valence-corrected chi connectivity index (χ0v) is 15.8. The van der Waals surface area contributed by atoms with Crippen molar-refractivity contribution in [3.63, 3.8) is 0 Å². The molecule has 120 valence electrons. The van der Waals surface area contributed by atoms with E-state index >= 15 is 0 Å². The summed E-state index contributed by atoms with van der Waals surface area (Å²) < 4.78 is 0. The fourth-order valence-corrected chi connectivity index (χ4v) is 4.84. The first-order chi connectivity index (χ1) is 10.7. The molecule has 2 atom stereocenters. The summed E-state index contributed by atoms with van der Waals surface area (Å²) in [5, 5.41) is 5.96. The summed E-state index contributed by atoms with van der Waals surface area (Å²) in [6, 6.07) is 11.2. The molecular formula is C19H28NPS. The van der Waals surface area contributed by atoms with E-state index in [0.717, 1.165) is 21.7 Å². The lowest BCUT2D eigenvalue weighted by Gasteiger charge is -2.16. The Labute approximate surface area is 141 Å². The van der Waals surface area contributed by atoms with Crippen molar-refractivity contribution in [3.8, 4) is 0 Å². The van der Waals surface area contributed by atoms with Gasteiger partial charge in [-0.05, 0) is 54.6 Å². The summed E-state index contributed by atoms with van der Waals surface area (Å²) in [6.45, 7) is 8.84. The number of unbranched alkanes of at least 4 members (excludes halogenated alkanes) is 1. The fraction of sp³-hybridized carbons (Fsp3) is 0.474. The first-order valence-electron chi connectivity index (χ1n) is 8.24. The topological polar surface area (TPSA) is 12.0 Å². The van der Waals surface area contributed by atoms with Gasteiger partial charge < -0.3 is 5.32 Å². The molecule has 1 nitrogen and oxygen atoms in total. The van der Waals surface area contributed by atoms with Gasteiger partial charge in [-0.25, -0.2) is 0 Å². The Morgan fingerprint density at radius 2 is 2.00 bits per heavy atom. The predicted molar refractivity (Wildman–Crippen MR) is 103 cm³/mol. The van der Waals surface area contributed by atoms with Gasteiger partial charge in [-0.15, -0.1) is 19.9 Å². The molecule has 1 aromatic heterocycles. The van der Waals surface area contributed by atoms with Crippen LogP contribution in [0.2, 0.25) is 0 Å². The zero-order chi connectivity index (χ0) is 15.8. The van der Waals surface area contributed by atoms with Crippen molar-refractivity contribution in [3.05, 3.63) is 57.3 Å². The highest BCUT2D eigenvalue weighted by Gasteiger charge is 2.11. The summed E-state index contributed by atoms with van der Waals surface area (Å²) in [4.78, 5) is 1.53. The third-order valence-corrected chi connectivity index (χ3v) is 6.61. The SMILES string of the molecule is CCCCc1ccccc1CNCC(PC)c1cc(C)cs1. The van der Waals surface area contributed by atoms with Crippen molar-refractivity contribution in [2.24, 2.45) is 0 Å². The average Bonchev–Trinajstić information content (AvgIpc) is 2.97. The Bertz CT molecular complexity index is 564. The molecule has 1 N–H and O–H groups in total. The van der Waals surface area contributed by atoms with E-state index in [-0.39, 0.29) is 0 Å². The van der Waals surface area contributed by atoms with E-state index in [1.807, 2.05) is 11.3 Å². The van der Waals surface area contributed by atoms with Gasteiger partial charge >= 0.3 is 0 Å². The van der Waals surface area contributed by atoms with Crippen LogP contribution in [-0.4, -0.2) is 13.2 Å². The number of benzene rings is 1. The summed E-state index contributed by atoms with van der Waals surface area (Å²) in [6.07, 6.45) is 3.75. The molecule has 1 heterocycles. The van der Waals surface area contributed by atoms with E-state index in [1.165, 1.54) is 40.8 Å². The minimum Gasteiger partial charge on any atom is -0.312 e. The second-order valence-electron chi connectivity index (χ2n) is 5.87. The van der Waals surface area contributed by atoms with Crippen LogP contribution in [0.4, 0.5) is 0 Å². The van der Waals surface area contributed by atoms with Crippen LogP contribution >= 0.6 is 19.9 Å². The molecule has 0 saturated carbocycles. The molecule has 2 unspecified atom stereocenters. The van der Waals surface area contributed by atoms with Gasteiger partial charge in [0.15, 0.2) is 0 Å². The molecule has 22 heavy (non-hydrogen) atoms. The molecule has 0 fully saturated rings. The molecule has 0 aliphatic heterocycles. The Morgan fingerprint density at radius 3 is 2.64 bits per heavy atom. The van der Waals surface area contributed by atoms with Crippen molar-refractivity contribution >= 4 is 19.9 Å². The minimum absolute atomic E-state index is 0.668. The molecule has 0 saturated heterocycles. The number of nitrogens with one attached hydrogen (secondary N) is 1. The number of rotatable bonds is 9. The van der Waals surface area contributed by atoms with Gasteiger partial charge in [0.1, 0.15) is 0 Å². The number of thiophene rings is 1. The minimum atomic E-state index is 0.668. The molecule has 3 heteroatoms. The summed E-state index contributed by atoms with van der Waals surface area (Å²) in [5.41, 5.74) is 5.05. The first-order valence-corrected chi connectivity index (χ1v) is 10.7. The van der Waals surface area contributed by atoms with E-state index in [2.05, 4.69) is 61.5 Å². The van der Waals surface area contributed by atoms with Crippen LogP contribution < -0.4 is 5.32 Å². The molecule has 2 rings (SSSR count). The van der Waals surface area contributed by atoms with E-state index in [9.17, 15) is 0 Å². The average molecular weight is 333 g/mol. The predicted octanol–water partition coefficient (Wildman–Crippen LogP) is 5.54. The maximum absolute atomic E-state index is 3.69. The summed E-state index contributed by atoms with van der Waals surface area (Å²) in [5.74, 6) is 0. The second-order valence-corrected chi connectivity index (χ2v) is 8.09. The fourth-order valence-electron chi connectivity index (χ4n) is 2.67. The Kier molecular flexibility index (Phi) is 7.59. The third kappa shape index (κ3) is 5.19. The Hall–Kier alpha value is -0.690. The van der Waals surface area contributed by atoms with Gasteiger partial charge in [-0.3, -0.25) is 0 Å². The Morgan fingerprint density at radius 1 is 1.23 bits per heavy atom. The largest absolute Gasteiger partial charge is 0.312 e. The first kappa shape index (κ1) is 17.7. The highest BCUT2D eigenvalue weighted by Crippen LogP contribution is 2.35. The standard InChI is InChI=1S/C19H28NPS/c1-4-5-8-16-9-6-7-10-17(16)12-20-13-18(21-3)19-11-15(2)14-22-19/h6-7,9-11,14,18,20-21H,4-5,8,12-13H2,1-3H3. The maximum atomic E-state index is 3.69. The molecule has 2 aromatic rings. The normalized spacial score (nSPS) is 13.0. The molecule has 0 aliphatic carbocycles. The molecular weight excluding hydrogens is 305 g/mol. The monoisotopic (exact) mass is 333 g/mol. The molecule has 0 amide bonds. The highest BCUT2D eigenvalue weighted by molar-refractivity contribution is 7.38. The van der Waals surface area contributed by atoms with Crippen LogP contribution in [0, 0.1) is 6.92 Å². The van der Waals surface area contributed by atoms with Crippen LogP contribution in [0.3, 0.4) is 0 Å². The molecule has 0 spiro atoms. The van der Waals surface area contributed by atoms with Crippen molar-refractivity contribution in [1.29, 1.82) is 0 Å². The number of aryl methyl sites for hydroxylation is 2. The lowest BCUT2D eigenvalue weighted by atomic mass is 10.0. The van der Waals surface area contributed by atoms with E-state index in [1.54, 1.807) is 0 Å². The molecule has 0 radical (unpaired) electrons. The number of hydrogen-bond donors (Lipinski definition) is 1. The van der Waals surface area contributed by atoms with E-state index in [0.29, 0.717) is 5.66 Å². The van der Waals surface area contributed by atoms with Gasteiger partial charge in [0.2, 0.25) is 0 Å². The lowest BCUT2D eigenvalue weighted by molar-refractivity contribution is 0.672. The van der Waals surface area contributed by atoms with Crippen LogP contribution in [-0.2, 0) is 13.0 Å².